The number of aromatic nitrogens is 2. The van der Waals surface area contributed by atoms with Gasteiger partial charge in [-0.05, 0) is 42.3 Å². The number of nitrogens with zero attached hydrogens (tertiary/aromatic N) is 2. The second kappa shape index (κ2) is 9.86. The quantitative estimate of drug-likeness (QED) is 0.392. The van der Waals surface area contributed by atoms with E-state index in [1.54, 1.807) is 24.3 Å². The average molecular weight is 454 g/mol. The van der Waals surface area contributed by atoms with E-state index in [2.05, 4.69) is 15.5 Å². The van der Waals surface area contributed by atoms with E-state index in [4.69, 9.17) is 13.9 Å². The van der Waals surface area contributed by atoms with Gasteiger partial charge in [-0.25, -0.2) is 0 Å². The summed E-state index contributed by atoms with van der Waals surface area (Å²) in [5.41, 5.74) is 1.21. The molecule has 0 saturated carbocycles. The van der Waals surface area contributed by atoms with Gasteiger partial charge in [0.05, 0.1) is 5.75 Å². The molecule has 9 heteroatoms. The molecule has 8 nitrogen and oxygen atoms in total. The molecule has 1 N–H and O–H groups in total. The molecule has 1 aromatic heterocycles. The number of carbonyl (C=O) groups excluding carboxylic acids is 2. The fourth-order valence-electron chi connectivity index (χ4n) is 3.08. The number of ketones is 1. The Hall–Kier alpha value is -3.33. The van der Waals surface area contributed by atoms with Crippen molar-refractivity contribution < 1.29 is 23.5 Å². The number of rotatable bonds is 8. The van der Waals surface area contributed by atoms with Crippen molar-refractivity contribution in [3.63, 3.8) is 0 Å². The van der Waals surface area contributed by atoms with Crippen molar-refractivity contribution in [1.29, 1.82) is 0 Å². The van der Waals surface area contributed by atoms with Gasteiger partial charge < -0.3 is 19.2 Å². The molecule has 0 radical (unpaired) electrons. The van der Waals surface area contributed by atoms with Crippen LogP contribution in [0.2, 0.25) is 0 Å². The largest absolute Gasteiger partial charge is 0.485 e. The highest BCUT2D eigenvalue weighted by molar-refractivity contribution is 7.99. The van der Waals surface area contributed by atoms with Crippen LogP contribution >= 0.6 is 11.8 Å². The number of thioether (sulfide) groups is 1. The maximum absolute atomic E-state index is 12.5. The van der Waals surface area contributed by atoms with Gasteiger partial charge >= 0.3 is 0 Å². The Bertz CT molecular complexity index is 1100. The van der Waals surface area contributed by atoms with E-state index in [1.807, 2.05) is 38.1 Å². The maximum atomic E-state index is 12.5. The molecule has 1 amide bonds. The Kier molecular flexibility index (Phi) is 6.75. The first-order chi connectivity index (χ1) is 15.5. The van der Waals surface area contributed by atoms with Crippen molar-refractivity contribution in [2.45, 2.75) is 31.6 Å². The number of hydrogen-bond donors (Lipinski definition) is 1. The fourth-order valence-corrected chi connectivity index (χ4v) is 3.75. The van der Waals surface area contributed by atoms with E-state index in [0.29, 0.717) is 35.1 Å². The third-order valence-electron chi connectivity index (χ3n) is 4.62. The first kappa shape index (κ1) is 21.9. The van der Waals surface area contributed by atoms with Crippen molar-refractivity contribution in [3.8, 4) is 11.5 Å². The summed E-state index contributed by atoms with van der Waals surface area (Å²) in [6.07, 6.45) is -0.0468. The van der Waals surface area contributed by atoms with Crippen molar-refractivity contribution >= 4 is 29.1 Å². The van der Waals surface area contributed by atoms with Gasteiger partial charge in [0.25, 0.3) is 11.1 Å². The number of fused-ring (bicyclic) bond motifs is 1. The summed E-state index contributed by atoms with van der Waals surface area (Å²) < 4.78 is 17.2. The highest BCUT2D eigenvalue weighted by Gasteiger charge is 2.27. The van der Waals surface area contributed by atoms with Gasteiger partial charge in [0.2, 0.25) is 12.0 Å². The summed E-state index contributed by atoms with van der Waals surface area (Å²) in [6.45, 7) is 4.24. The van der Waals surface area contributed by atoms with Crippen molar-refractivity contribution in [1.82, 2.24) is 10.2 Å². The van der Waals surface area contributed by atoms with Crippen LogP contribution in [0.1, 0.15) is 42.6 Å². The van der Waals surface area contributed by atoms with Gasteiger partial charge in [0.15, 0.2) is 17.3 Å². The SMILES string of the molecule is CC(C)CC(=O)Nc1ccc(C(=O)CSc2nnc(C3COc4ccccc4O3)o2)cc1. The Morgan fingerprint density at radius 1 is 1.09 bits per heavy atom. The van der Waals surface area contributed by atoms with E-state index in [0.717, 1.165) is 11.8 Å². The molecule has 1 aliphatic rings. The molecule has 0 bridgehead atoms. The molecule has 166 valence electrons. The van der Waals surface area contributed by atoms with E-state index < -0.39 is 6.10 Å². The molecule has 2 heterocycles. The highest BCUT2D eigenvalue weighted by atomic mass is 32.2. The Balaban J connectivity index is 1.29. The molecule has 0 saturated heterocycles. The number of Topliss-reactive ketones (excluding diaryl/α,β-unsaturated/α-hetero) is 1. The lowest BCUT2D eigenvalue weighted by Gasteiger charge is -2.23. The third kappa shape index (κ3) is 5.47. The van der Waals surface area contributed by atoms with Crippen LogP contribution in [-0.4, -0.2) is 34.2 Å². The smallest absolute Gasteiger partial charge is 0.277 e. The van der Waals surface area contributed by atoms with E-state index in [1.165, 1.54) is 0 Å². The summed E-state index contributed by atoms with van der Waals surface area (Å²) in [7, 11) is 0. The number of para-hydroxylation sites is 2. The highest BCUT2D eigenvalue weighted by Crippen LogP contribution is 2.36. The normalized spacial score (nSPS) is 14.9. The van der Waals surface area contributed by atoms with Crippen LogP contribution in [0.5, 0.6) is 11.5 Å². The van der Waals surface area contributed by atoms with Gasteiger partial charge in [-0.3, -0.25) is 9.59 Å². The second-order valence-corrected chi connectivity index (χ2v) is 8.63. The summed E-state index contributed by atoms with van der Waals surface area (Å²) in [5.74, 6) is 1.90. The molecule has 3 aromatic rings. The molecule has 2 aromatic carbocycles. The van der Waals surface area contributed by atoms with Gasteiger partial charge in [-0.2, -0.15) is 0 Å². The maximum Gasteiger partial charge on any atom is 0.277 e. The lowest BCUT2D eigenvalue weighted by Crippen LogP contribution is -2.21. The van der Waals surface area contributed by atoms with Crippen LogP contribution in [0.3, 0.4) is 0 Å². The number of carbonyl (C=O) groups is 2. The number of benzene rings is 2. The van der Waals surface area contributed by atoms with Gasteiger partial charge in [-0.1, -0.05) is 37.7 Å². The molecular weight excluding hydrogens is 430 g/mol. The number of ether oxygens (including phenoxy) is 2. The zero-order valence-electron chi connectivity index (χ0n) is 17.7. The predicted octanol–water partition coefficient (Wildman–Crippen LogP) is 4.54. The molecule has 1 atom stereocenters. The monoisotopic (exact) mass is 453 g/mol. The zero-order valence-corrected chi connectivity index (χ0v) is 18.6. The molecule has 0 aliphatic carbocycles. The summed E-state index contributed by atoms with van der Waals surface area (Å²) in [5, 5.41) is 11.1. The van der Waals surface area contributed by atoms with Crippen LogP contribution in [0.4, 0.5) is 5.69 Å². The Morgan fingerprint density at radius 3 is 2.59 bits per heavy atom. The van der Waals surface area contributed by atoms with E-state index in [-0.39, 0.29) is 35.2 Å². The third-order valence-corrected chi connectivity index (χ3v) is 5.44. The first-order valence-corrected chi connectivity index (χ1v) is 11.2. The summed E-state index contributed by atoms with van der Waals surface area (Å²) in [4.78, 5) is 24.4. The number of amides is 1. The molecule has 32 heavy (non-hydrogen) atoms. The summed E-state index contributed by atoms with van der Waals surface area (Å²) >= 11 is 1.16. The van der Waals surface area contributed by atoms with Gasteiger partial charge in [0.1, 0.15) is 6.61 Å². The van der Waals surface area contributed by atoms with Crippen LogP contribution in [-0.2, 0) is 4.79 Å². The Morgan fingerprint density at radius 2 is 1.84 bits per heavy atom. The van der Waals surface area contributed by atoms with Crippen LogP contribution in [0.15, 0.2) is 58.2 Å². The first-order valence-electron chi connectivity index (χ1n) is 10.3. The Labute approximate surface area is 189 Å². The van der Waals surface area contributed by atoms with Crippen LogP contribution in [0, 0.1) is 5.92 Å². The fraction of sp³-hybridized carbons (Fsp3) is 0.304. The number of hydrogen-bond acceptors (Lipinski definition) is 8. The minimum absolute atomic E-state index is 0.0438. The molecule has 1 unspecified atom stereocenters. The van der Waals surface area contributed by atoms with Crippen LogP contribution < -0.4 is 14.8 Å². The van der Waals surface area contributed by atoms with Crippen molar-refractivity contribution in [2.75, 3.05) is 17.7 Å². The standard InChI is InChI=1S/C23H23N3O5S/c1-14(2)11-21(28)24-16-9-7-15(8-10-16)17(27)13-32-23-26-25-22(31-23)20-12-29-18-5-3-4-6-19(18)30-20/h3-10,14,20H,11-13H2,1-2H3,(H,24,28). The minimum Gasteiger partial charge on any atom is -0.485 e. The number of nitrogens with one attached hydrogen (secondary N) is 1. The lowest BCUT2D eigenvalue weighted by molar-refractivity contribution is -0.116. The zero-order chi connectivity index (χ0) is 22.5. The van der Waals surface area contributed by atoms with E-state index in [9.17, 15) is 9.59 Å². The van der Waals surface area contributed by atoms with Crippen molar-refractivity contribution in [3.05, 3.63) is 60.0 Å². The molecule has 4 rings (SSSR count). The van der Waals surface area contributed by atoms with Crippen molar-refractivity contribution in [2.24, 2.45) is 5.92 Å². The minimum atomic E-state index is -0.499. The number of anilines is 1. The average Bonchev–Trinajstić information content (AvgIpc) is 3.26. The van der Waals surface area contributed by atoms with Gasteiger partial charge in [0, 0.05) is 17.7 Å². The van der Waals surface area contributed by atoms with E-state index >= 15 is 0 Å². The van der Waals surface area contributed by atoms with Crippen LogP contribution in [0.25, 0.3) is 0 Å². The molecule has 0 spiro atoms. The lowest BCUT2D eigenvalue weighted by atomic mass is 10.1. The van der Waals surface area contributed by atoms with Gasteiger partial charge in [-0.15, -0.1) is 10.2 Å². The second-order valence-electron chi connectivity index (χ2n) is 7.71. The summed E-state index contributed by atoms with van der Waals surface area (Å²) in [6, 6.07) is 14.2. The molecule has 0 fully saturated rings. The molecule has 1 aliphatic heterocycles. The predicted molar refractivity (Wildman–Crippen MR) is 119 cm³/mol. The molecular formula is C23H23N3O5S. The topological polar surface area (TPSA) is 104 Å².